The lowest BCUT2D eigenvalue weighted by molar-refractivity contribution is -0.385. The van der Waals surface area contributed by atoms with E-state index in [1.807, 2.05) is 13.8 Å². The van der Waals surface area contributed by atoms with E-state index in [-0.39, 0.29) is 35.5 Å². The Labute approximate surface area is 352 Å². The lowest BCUT2D eigenvalue weighted by Crippen LogP contribution is -2.17. The molecule has 53 heavy (non-hydrogen) atoms. The van der Waals surface area contributed by atoms with Crippen molar-refractivity contribution in [2.75, 3.05) is 13.2 Å². The Morgan fingerprint density at radius 3 is 1.55 bits per heavy atom. The third-order valence-corrected chi connectivity index (χ3v) is 34.2. The monoisotopic (exact) mass is 1030 g/mol. The molecule has 0 aliphatic carbocycles. The number of fused-ring (bicyclic) bond motifs is 1. The first-order valence-electron chi connectivity index (χ1n) is 13.8. The molecule has 1 heterocycles. The Hall–Kier alpha value is -1.16. The molecule has 0 amide bonds. The Balaban J connectivity index is 0.000000413. The molecule has 2 aromatic carbocycles. The Kier molecular flexibility index (Phi) is 29.2. The molecule has 0 spiro atoms. The second-order valence-electron chi connectivity index (χ2n) is 8.52. The summed E-state index contributed by atoms with van der Waals surface area (Å²) in [6, 6.07) is 7.64. The normalized spacial score (nSPS) is 10.2. The fraction of sp³-hybridized carbons (Fsp3) is 0.333. The molecule has 292 valence electrons. The molecule has 0 saturated heterocycles. The average Bonchev–Trinajstić information content (AvgIpc) is 3.44. The largest absolute Gasteiger partial charge is 0.462 e. The number of nitro benzene ring substituents is 2. The van der Waals surface area contributed by atoms with E-state index < -0.39 is 45.1 Å². The first kappa shape index (κ1) is 49.9. The number of nitro groups is 2. The molecule has 2 aromatic rings. The predicted octanol–water partition coefficient (Wildman–Crippen LogP) is 4.38. The van der Waals surface area contributed by atoms with Gasteiger partial charge in [-0.05, 0) is 25.0 Å². The summed E-state index contributed by atoms with van der Waals surface area (Å²) in [5.41, 5.74) is -1.67. The maximum Gasteiger partial charge on any atom is 0.353 e. The van der Waals surface area contributed by atoms with Crippen molar-refractivity contribution >= 4 is 182 Å². The van der Waals surface area contributed by atoms with Gasteiger partial charge in [-0.1, -0.05) is 38.8 Å². The van der Waals surface area contributed by atoms with E-state index in [2.05, 4.69) is 4.74 Å². The summed E-state index contributed by atoms with van der Waals surface area (Å²) in [7, 11) is 23.5. The van der Waals surface area contributed by atoms with Crippen LogP contribution in [0, 0.1) is 20.2 Å². The van der Waals surface area contributed by atoms with Crippen LogP contribution in [-0.2, 0) is 161 Å². The van der Waals surface area contributed by atoms with Crippen LogP contribution < -0.4 is 0 Å². The van der Waals surface area contributed by atoms with Crippen LogP contribution in [0.3, 0.4) is 0 Å². The van der Waals surface area contributed by atoms with Gasteiger partial charge >= 0.3 is 23.9 Å². The van der Waals surface area contributed by atoms with Crippen LogP contribution >= 0.6 is 0 Å². The Morgan fingerprint density at radius 1 is 0.660 bits per heavy atom. The van der Waals surface area contributed by atoms with Crippen molar-refractivity contribution in [2.45, 2.75) is 39.5 Å². The molecule has 0 fully saturated rings. The SMILES string of the molecule is CCCCOC(=O)c1cccc([N+](=O)[O-])c1C(=O)OCCCC.O=C1OC(=O)c2c1cccc2[N+](=O)[O-].S=S=S=S=S=S=S=S=S=S=S=S=S=S=S=S. The van der Waals surface area contributed by atoms with Gasteiger partial charge in [0.1, 0.15) is 0 Å². The Morgan fingerprint density at radius 2 is 1.09 bits per heavy atom. The van der Waals surface area contributed by atoms with E-state index in [1.165, 1.54) is 48.1 Å². The molecule has 0 aromatic heterocycles. The van der Waals surface area contributed by atoms with Crippen molar-refractivity contribution in [3.63, 3.8) is 0 Å². The quantitative estimate of drug-likeness (QED) is 0.0818. The summed E-state index contributed by atoms with van der Waals surface area (Å²) in [5.74, 6) is -3.44. The molecule has 29 heteroatoms. The summed E-state index contributed by atoms with van der Waals surface area (Å²) >= 11 is 9.46. The summed E-state index contributed by atoms with van der Waals surface area (Å²) < 4.78 is 14.3. The fourth-order valence-corrected chi connectivity index (χ4v) is 36.2. The minimum Gasteiger partial charge on any atom is -0.462 e. The molecule has 0 unspecified atom stereocenters. The highest BCUT2D eigenvalue weighted by Crippen LogP contribution is 2.28. The van der Waals surface area contributed by atoms with Crippen LogP contribution in [0.2, 0.25) is 0 Å². The maximum atomic E-state index is 12.2. The van der Waals surface area contributed by atoms with Crippen LogP contribution in [0.5, 0.6) is 0 Å². The molecule has 1 aliphatic heterocycles. The van der Waals surface area contributed by atoms with Crippen molar-refractivity contribution in [1.82, 2.24) is 0 Å². The van der Waals surface area contributed by atoms with Gasteiger partial charge < -0.3 is 14.2 Å². The zero-order valence-electron chi connectivity index (χ0n) is 26.6. The van der Waals surface area contributed by atoms with Gasteiger partial charge in [0.05, 0.1) is 34.2 Å². The highest BCUT2D eigenvalue weighted by Gasteiger charge is 2.36. The van der Waals surface area contributed by atoms with Crippen LogP contribution in [0.1, 0.15) is 81.0 Å². The van der Waals surface area contributed by atoms with Gasteiger partial charge in [0.2, 0.25) is 0 Å². The summed E-state index contributed by atoms with van der Waals surface area (Å²) in [6.07, 6.45) is 2.98. The number of carbonyl (C=O) groups is 4. The van der Waals surface area contributed by atoms with E-state index >= 15 is 0 Å². The van der Waals surface area contributed by atoms with Gasteiger partial charge in [-0.2, -0.15) is 0 Å². The van der Waals surface area contributed by atoms with Crippen molar-refractivity contribution in [3.05, 3.63) is 78.9 Å². The number of hydrogen-bond donors (Lipinski definition) is 0. The second-order valence-corrected chi connectivity index (χ2v) is 33.3. The average molecular weight is 1030 g/mol. The van der Waals surface area contributed by atoms with Gasteiger partial charge in [0.25, 0.3) is 11.4 Å². The molecule has 0 radical (unpaired) electrons. The van der Waals surface area contributed by atoms with Crippen LogP contribution in [0.15, 0.2) is 36.4 Å². The topological polar surface area (TPSA) is 182 Å². The third kappa shape index (κ3) is 20.0. The van der Waals surface area contributed by atoms with Gasteiger partial charge in [-0.25, -0.2) is 19.2 Å². The molecule has 0 bridgehead atoms. The van der Waals surface area contributed by atoms with Gasteiger partial charge in [-0.15, -0.1) is 0 Å². The molecule has 1 aliphatic rings. The zero-order valence-corrected chi connectivity index (χ0v) is 39.7. The predicted molar refractivity (Wildman–Crippen MR) is 244 cm³/mol. The first-order chi connectivity index (χ1) is 25.5. The van der Waals surface area contributed by atoms with Crippen LogP contribution in [-0.4, -0.2) is 46.9 Å². The lowest BCUT2D eigenvalue weighted by atomic mass is 10.1. The van der Waals surface area contributed by atoms with Crippen molar-refractivity contribution < 1.29 is 43.2 Å². The molecular weight excluding hydrogens is 1010 g/mol. The molecule has 0 atom stereocenters. The molecular formula is C24H24N2O11S16. The number of ether oxygens (including phenoxy) is 3. The summed E-state index contributed by atoms with van der Waals surface area (Å²) in [5, 5.41) is 21.6. The fourth-order valence-electron chi connectivity index (χ4n) is 3.25. The number of esters is 4. The zero-order chi connectivity index (χ0) is 39.4. The molecule has 0 saturated carbocycles. The molecule has 3 rings (SSSR count). The smallest absolute Gasteiger partial charge is 0.353 e. The standard InChI is InChI=1S/C16H21NO6.C8H3NO5.S16/c1-3-5-10-22-15(18)12-8-7-9-13(17(20)21)14(12)16(19)23-11-6-4-2;10-7-4-2-1-3-5(9(12)13)6(4)8(11)14-7;1-3-5-7-9-11-13-15-16-14-12-10-8-6-4-2/h7-9H,3-6,10-11H2,1-2H3;1-3H;. The minimum atomic E-state index is -0.961. The second kappa shape index (κ2) is 31.0. The maximum absolute atomic E-state index is 12.2. The third-order valence-electron chi connectivity index (χ3n) is 5.33. The number of hydrogen-bond acceptors (Lipinski definition) is 13. The number of carbonyl (C=O) groups excluding carboxylic acids is 4. The number of unbranched alkanes of at least 4 members (excludes halogenated alkanes) is 2. The number of rotatable bonds is 10. The highest BCUT2D eigenvalue weighted by molar-refractivity contribution is 8.77. The summed E-state index contributed by atoms with van der Waals surface area (Å²) in [6.45, 7) is 4.21. The first-order valence-corrected chi connectivity index (χ1v) is 33.8. The number of benzene rings is 2. The van der Waals surface area contributed by atoms with Crippen molar-refractivity contribution in [1.29, 1.82) is 0 Å². The highest BCUT2D eigenvalue weighted by atomic mass is 33.5. The van der Waals surface area contributed by atoms with Crippen LogP contribution in [0.25, 0.3) is 0 Å². The molecule has 13 nitrogen and oxygen atoms in total. The number of cyclic esters (lactones) is 2. The Bertz CT molecular complexity index is 2290. The lowest BCUT2D eigenvalue weighted by Gasteiger charge is -2.10. The van der Waals surface area contributed by atoms with Gasteiger partial charge in [0, 0.05) is 159 Å². The van der Waals surface area contributed by atoms with E-state index in [9.17, 15) is 39.4 Å². The van der Waals surface area contributed by atoms with E-state index in [4.69, 9.17) is 31.8 Å². The van der Waals surface area contributed by atoms with Crippen molar-refractivity contribution in [2.24, 2.45) is 0 Å². The van der Waals surface area contributed by atoms with E-state index in [0.29, 0.717) is 12.8 Å². The van der Waals surface area contributed by atoms with Gasteiger partial charge in [-0.3, -0.25) is 20.2 Å². The summed E-state index contributed by atoms with van der Waals surface area (Å²) in [4.78, 5) is 66.5. The van der Waals surface area contributed by atoms with E-state index in [0.717, 1.165) is 18.9 Å². The molecule has 0 N–H and O–H groups in total. The van der Waals surface area contributed by atoms with Gasteiger partial charge in [0.15, 0.2) is 11.1 Å². The van der Waals surface area contributed by atoms with Crippen LogP contribution in [0.4, 0.5) is 11.4 Å². The van der Waals surface area contributed by atoms with E-state index in [1.54, 1.807) is 107 Å². The van der Waals surface area contributed by atoms with Crippen molar-refractivity contribution in [3.8, 4) is 0 Å². The minimum absolute atomic E-state index is 0.0517. The number of nitrogens with zero attached hydrogens (tertiary/aromatic N) is 2.